The number of benzene rings is 1. The van der Waals surface area contributed by atoms with Crippen molar-refractivity contribution in [3.63, 3.8) is 0 Å². The van der Waals surface area contributed by atoms with Gasteiger partial charge in [0.15, 0.2) is 6.40 Å². The number of carbonyl (C=O) groups excluding carboxylic acids is 1. The summed E-state index contributed by atoms with van der Waals surface area (Å²) in [6.45, 7) is 0. The first-order valence-electron chi connectivity index (χ1n) is 3.85. The molecule has 0 aliphatic rings. The standard InChI is InChI=1S/C9H7Cl2NO3/c1-14-9(13)15-5-12-6-2-3-7(10)8(11)4-6/h2-5H,1H3. The van der Waals surface area contributed by atoms with Crippen LogP contribution in [0.1, 0.15) is 0 Å². The third-order valence-corrected chi connectivity index (χ3v) is 2.16. The number of rotatable bonds is 2. The highest BCUT2D eigenvalue weighted by molar-refractivity contribution is 6.42. The van der Waals surface area contributed by atoms with Crippen LogP contribution in [-0.4, -0.2) is 19.7 Å². The molecule has 1 rings (SSSR count). The van der Waals surface area contributed by atoms with Gasteiger partial charge in [0, 0.05) is 0 Å². The quantitative estimate of drug-likeness (QED) is 0.457. The van der Waals surface area contributed by atoms with E-state index in [1.165, 1.54) is 7.11 Å². The number of ether oxygens (including phenoxy) is 2. The zero-order valence-corrected chi connectivity index (χ0v) is 9.25. The maximum atomic E-state index is 10.5. The number of carbonyl (C=O) groups is 1. The maximum Gasteiger partial charge on any atom is 0.514 e. The number of hydrogen-bond acceptors (Lipinski definition) is 4. The van der Waals surface area contributed by atoms with Gasteiger partial charge in [-0.15, -0.1) is 0 Å². The van der Waals surface area contributed by atoms with Gasteiger partial charge in [0.25, 0.3) is 0 Å². The third kappa shape index (κ3) is 3.77. The topological polar surface area (TPSA) is 47.9 Å². The van der Waals surface area contributed by atoms with E-state index in [4.69, 9.17) is 23.2 Å². The number of halogens is 2. The number of hydrogen-bond donors (Lipinski definition) is 0. The summed E-state index contributed by atoms with van der Waals surface area (Å²) in [7, 11) is 1.20. The molecule has 0 fully saturated rings. The lowest BCUT2D eigenvalue weighted by atomic mass is 10.3. The van der Waals surface area contributed by atoms with Crippen molar-refractivity contribution in [2.75, 3.05) is 7.11 Å². The Kier molecular flexibility index (Phi) is 4.39. The second-order valence-corrected chi connectivity index (χ2v) is 3.22. The molecular formula is C9H7Cl2NO3. The molecule has 0 aliphatic carbocycles. The van der Waals surface area contributed by atoms with Crippen molar-refractivity contribution in [1.82, 2.24) is 0 Å². The average Bonchev–Trinajstić information content (AvgIpc) is 2.23. The summed E-state index contributed by atoms with van der Waals surface area (Å²) in [5.41, 5.74) is 0.522. The normalized spacial score (nSPS) is 10.3. The molecule has 0 atom stereocenters. The number of aliphatic imine (C=N–C) groups is 1. The second-order valence-electron chi connectivity index (χ2n) is 2.40. The molecule has 0 bridgehead atoms. The monoisotopic (exact) mass is 247 g/mol. The summed E-state index contributed by atoms with van der Waals surface area (Å²) >= 11 is 11.4. The van der Waals surface area contributed by atoms with Gasteiger partial charge in [0.2, 0.25) is 0 Å². The van der Waals surface area contributed by atoms with E-state index in [0.717, 1.165) is 6.40 Å². The maximum absolute atomic E-state index is 10.5. The van der Waals surface area contributed by atoms with Crippen LogP contribution in [0, 0.1) is 0 Å². The van der Waals surface area contributed by atoms with E-state index in [9.17, 15) is 4.79 Å². The van der Waals surface area contributed by atoms with E-state index in [1.54, 1.807) is 18.2 Å². The predicted molar refractivity (Wildman–Crippen MR) is 58.1 cm³/mol. The first-order chi connectivity index (χ1) is 7.13. The summed E-state index contributed by atoms with van der Waals surface area (Å²) < 4.78 is 8.67. The van der Waals surface area contributed by atoms with E-state index < -0.39 is 6.16 Å². The molecule has 0 amide bonds. The Bertz CT molecular complexity index is 393. The van der Waals surface area contributed by atoms with Gasteiger partial charge in [-0.2, -0.15) is 0 Å². The third-order valence-electron chi connectivity index (χ3n) is 1.42. The van der Waals surface area contributed by atoms with Crippen molar-refractivity contribution in [2.24, 2.45) is 4.99 Å². The van der Waals surface area contributed by atoms with Crippen LogP contribution in [0.3, 0.4) is 0 Å². The van der Waals surface area contributed by atoms with Gasteiger partial charge in [-0.25, -0.2) is 9.79 Å². The molecule has 6 heteroatoms. The zero-order valence-electron chi connectivity index (χ0n) is 7.74. The summed E-state index contributed by atoms with van der Waals surface area (Å²) in [5, 5.41) is 0.814. The lowest BCUT2D eigenvalue weighted by molar-refractivity contribution is 0.120. The van der Waals surface area contributed by atoms with Gasteiger partial charge in [-0.05, 0) is 18.2 Å². The van der Waals surface area contributed by atoms with Gasteiger partial charge < -0.3 is 9.47 Å². The molecule has 0 aliphatic heterocycles. The fourth-order valence-corrected chi connectivity index (χ4v) is 1.04. The van der Waals surface area contributed by atoms with Crippen LogP contribution >= 0.6 is 23.2 Å². The Labute approximate surface area is 96.4 Å². The molecule has 0 heterocycles. The first-order valence-corrected chi connectivity index (χ1v) is 4.61. The lowest BCUT2D eigenvalue weighted by Crippen LogP contribution is -2.01. The van der Waals surface area contributed by atoms with Crippen molar-refractivity contribution >= 4 is 41.4 Å². The Balaban J connectivity index is 2.65. The van der Waals surface area contributed by atoms with Crippen LogP contribution in [0.25, 0.3) is 0 Å². The highest BCUT2D eigenvalue weighted by atomic mass is 35.5. The molecule has 0 saturated heterocycles. The van der Waals surface area contributed by atoms with Crippen molar-refractivity contribution in [2.45, 2.75) is 0 Å². The molecule has 0 N–H and O–H groups in total. The van der Waals surface area contributed by atoms with Gasteiger partial charge in [0.1, 0.15) is 0 Å². The first kappa shape index (κ1) is 11.8. The SMILES string of the molecule is COC(=O)OC=Nc1ccc(Cl)c(Cl)c1. The molecule has 0 radical (unpaired) electrons. The number of nitrogens with zero attached hydrogens (tertiary/aromatic N) is 1. The second kappa shape index (κ2) is 5.58. The fraction of sp³-hybridized carbons (Fsp3) is 0.111. The highest BCUT2D eigenvalue weighted by Crippen LogP contribution is 2.26. The summed E-state index contributed by atoms with van der Waals surface area (Å²) in [6.07, 6.45) is 0.129. The minimum absolute atomic E-state index is 0.379. The molecule has 15 heavy (non-hydrogen) atoms. The van der Waals surface area contributed by atoms with Crippen LogP contribution in [0.2, 0.25) is 10.0 Å². The Hall–Kier alpha value is -1.26. The van der Waals surface area contributed by atoms with Crippen molar-refractivity contribution in [1.29, 1.82) is 0 Å². The van der Waals surface area contributed by atoms with Crippen LogP contribution in [0.5, 0.6) is 0 Å². The Morgan fingerprint density at radius 1 is 1.40 bits per heavy atom. The molecule has 1 aromatic carbocycles. The molecule has 0 saturated carbocycles. The van der Waals surface area contributed by atoms with Gasteiger partial charge in [-0.1, -0.05) is 23.2 Å². The average molecular weight is 248 g/mol. The van der Waals surface area contributed by atoms with Crippen LogP contribution in [0.4, 0.5) is 10.5 Å². The summed E-state index contributed by atoms with van der Waals surface area (Å²) in [4.78, 5) is 14.3. The molecule has 80 valence electrons. The minimum Gasteiger partial charge on any atom is -0.437 e. The lowest BCUT2D eigenvalue weighted by Gasteiger charge is -1.97. The molecular weight excluding hydrogens is 241 g/mol. The van der Waals surface area contributed by atoms with Crippen molar-refractivity contribution < 1.29 is 14.3 Å². The van der Waals surface area contributed by atoms with Gasteiger partial charge in [-0.3, -0.25) is 0 Å². The predicted octanol–water partition coefficient (Wildman–Crippen LogP) is 3.44. The van der Waals surface area contributed by atoms with E-state index in [1.807, 2.05) is 0 Å². The number of methoxy groups -OCH3 is 1. The largest absolute Gasteiger partial charge is 0.514 e. The van der Waals surface area contributed by atoms with Crippen LogP contribution in [-0.2, 0) is 9.47 Å². The van der Waals surface area contributed by atoms with Crippen LogP contribution in [0.15, 0.2) is 23.2 Å². The van der Waals surface area contributed by atoms with E-state index >= 15 is 0 Å². The van der Waals surface area contributed by atoms with Gasteiger partial charge >= 0.3 is 6.16 Å². The summed E-state index contributed by atoms with van der Waals surface area (Å²) in [5.74, 6) is 0. The van der Waals surface area contributed by atoms with E-state index in [0.29, 0.717) is 15.7 Å². The molecule has 0 aromatic heterocycles. The Morgan fingerprint density at radius 3 is 2.73 bits per heavy atom. The smallest absolute Gasteiger partial charge is 0.437 e. The minimum atomic E-state index is -0.834. The Morgan fingerprint density at radius 2 is 2.13 bits per heavy atom. The van der Waals surface area contributed by atoms with E-state index in [2.05, 4.69) is 14.5 Å². The van der Waals surface area contributed by atoms with Crippen molar-refractivity contribution in [3.05, 3.63) is 28.2 Å². The van der Waals surface area contributed by atoms with Crippen LogP contribution < -0.4 is 0 Å². The van der Waals surface area contributed by atoms with Crippen molar-refractivity contribution in [3.8, 4) is 0 Å². The molecule has 0 unspecified atom stereocenters. The van der Waals surface area contributed by atoms with Gasteiger partial charge in [0.05, 0.1) is 22.8 Å². The molecule has 1 aromatic rings. The molecule has 0 spiro atoms. The highest BCUT2D eigenvalue weighted by Gasteiger charge is 1.98. The fourth-order valence-electron chi connectivity index (χ4n) is 0.744. The van der Waals surface area contributed by atoms with E-state index in [-0.39, 0.29) is 0 Å². The molecule has 4 nitrogen and oxygen atoms in total. The summed E-state index contributed by atoms with van der Waals surface area (Å²) in [6, 6.07) is 4.76. The zero-order chi connectivity index (χ0) is 11.3.